The molecule has 1 aliphatic rings. The second kappa shape index (κ2) is 5.55. The molecule has 96 valence electrons. The van der Waals surface area contributed by atoms with Crippen molar-refractivity contribution in [3.05, 3.63) is 35.0 Å². The summed E-state index contributed by atoms with van der Waals surface area (Å²) in [6.45, 7) is 1.86. The van der Waals surface area contributed by atoms with Gasteiger partial charge in [-0.05, 0) is 48.1 Å². The fourth-order valence-corrected chi connectivity index (χ4v) is 3.92. The van der Waals surface area contributed by atoms with Gasteiger partial charge in [-0.25, -0.2) is 0 Å². The molecule has 0 aliphatic carbocycles. The number of hydrogen-bond donors (Lipinski definition) is 1. The molecule has 1 aliphatic heterocycles. The molecule has 3 rings (SSSR count). The lowest BCUT2D eigenvalue weighted by molar-refractivity contribution is 0.521. The first-order chi connectivity index (χ1) is 8.84. The van der Waals surface area contributed by atoms with Crippen LogP contribution < -0.4 is 5.32 Å². The SMILES string of the molecule is Clc1oc2ccccc2c1CNCC1CCSC1. The summed E-state index contributed by atoms with van der Waals surface area (Å²) in [5.74, 6) is 3.40. The van der Waals surface area contributed by atoms with Crippen LogP contribution in [-0.4, -0.2) is 18.1 Å². The topological polar surface area (TPSA) is 25.2 Å². The van der Waals surface area contributed by atoms with E-state index >= 15 is 0 Å². The quantitative estimate of drug-likeness (QED) is 0.919. The largest absolute Gasteiger partial charge is 0.444 e. The number of furan rings is 1. The van der Waals surface area contributed by atoms with Gasteiger partial charge in [0, 0.05) is 17.5 Å². The Kier molecular flexibility index (Phi) is 3.83. The highest BCUT2D eigenvalue weighted by molar-refractivity contribution is 7.99. The Hall–Kier alpha value is -0.640. The maximum absolute atomic E-state index is 6.15. The summed E-state index contributed by atoms with van der Waals surface area (Å²) in [6, 6.07) is 8.01. The molecule has 1 saturated heterocycles. The lowest BCUT2D eigenvalue weighted by atomic mass is 10.1. The van der Waals surface area contributed by atoms with Gasteiger partial charge in [0.05, 0.1) is 0 Å². The van der Waals surface area contributed by atoms with Gasteiger partial charge in [-0.15, -0.1) is 0 Å². The van der Waals surface area contributed by atoms with Gasteiger partial charge >= 0.3 is 0 Å². The third kappa shape index (κ3) is 2.53. The average Bonchev–Trinajstić information content (AvgIpc) is 2.98. The van der Waals surface area contributed by atoms with Gasteiger partial charge in [-0.3, -0.25) is 0 Å². The summed E-state index contributed by atoms with van der Waals surface area (Å²) in [5, 5.41) is 5.14. The number of rotatable bonds is 4. The second-order valence-electron chi connectivity index (χ2n) is 4.71. The number of thioether (sulfide) groups is 1. The first kappa shape index (κ1) is 12.4. The molecular weight excluding hydrogens is 266 g/mol. The van der Waals surface area contributed by atoms with Crippen molar-refractivity contribution in [3.8, 4) is 0 Å². The van der Waals surface area contributed by atoms with Crippen molar-refractivity contribution in [2.45, 2.75) is 13.0 Å². The molecule has 1 fully saturated rings. The van der Waals surface area contributed by atoms with Crippen LogP contribution in [0, 0.1) is 5.92 Å². The molecule has 1 atom stereocenters. The second-order valence-corrected chi connectivity index (χ2v) is 6.20. The van der Waals surface area contributed by atoms with Crippen LogP contribution in [0.2, 0.25) is 5.22 Å². The van der Waals surface area contributed by atoms with E-state index in [-0.39, 0.29) is 0 Å². The highest BCUT2D eigenvalue weighted by atomic mass is 35.5. The molecular formula is C14H16ClNOS. The minimum absolute atomic E-state index is 0.518. The molecule has 1 aromatic heterocycles. The van der Waals surface area contributed by atoms with Crippen LogP contribution in [0.4, 0.5) is 0 Å². The molecule has 0 spiro atoms. The van der Waals surface area contributed by atoms with Crippen molar-refractivity contribution in [2.75, 3.05) is 18.1 Å². The lowest BCUT2D eigenvalue weighted by Gasteiger charge is -2.09. The lowest BCUT2D eigenvalue weighted by Crippen LogP contribution is -2.22. The Balaban J connectivity index is 1.68. The predicted octanol–water partition coefficient (Wildman–Crippen LogP) is 3.93. The molecule has 1 unspecified atom stereocenters. The van der Waals surface area contributed by atoms with Gasteiger partial charge in [0.25, 0.3) is 0 Å². The van der Waals surface area contributed by atoms with Gasteiger partial charge in [-0.2, -0.15) is 11.8 Å². The summed E-state index contributed by atoms with van der Waals surface area (Å²) >= 11 is 8.20. The summed E-state index contributed by atoms with van der Waals surface area (Å²) in [7, 11) is 0. The Morgan fingerprint density at radius 1 is 1.39 bits per heavy atom. The molecule has 0 bridgehead atoms. The van der Waals surface area contributed by atoms with E-state index in [1.165, 1.54) is 17.9 Å². The van der Waals surface area contributed by atoms with E-state index in [1.54, 1.807) is 0 Å². The fraction of sp³-hybridized carbons (Fsp3) is 0.429. The first-order valence-corrected chi connectivity index (χ1v) is 7.82. The summed E-state index contributed by atoms with van der Waals surface area (Å²) in [6.07, 6.45) is 1.33. The molecule has 1 N–H and O–H groups in total. The molecule has 2 nitrogen and oxygen atoms in total. The zero-order valence-electron chi connectivity index (χ0n) is 10.1. The Morgan fingerprint density at radius 2 is 2.28 bits per heavy atom. The van der Waals surface area contributed by atoms with Crippen LogP contribution >= 0.6 is 23.4 Å². The third-order valence-electron chi connectivity index (χ3n) is 3.41. The molecule has 1 aromatic carbocycles. The van der Waals surface area contributed by atoms with Gasteiger partial charge in [-0.1, -0.05) is 18.2 Å². The Morgan fingerprint density at radius 3 is 3.11 bits per heavy atom. The van der Waals surface area contributed by atoms with E-state index in [9.17, 15) is 0 Å². The van der Waals surface area contributed by atoms with Gasteiger partial charge in [0.1, 0.15) is 5.58 Å². The first-order valence-electron chi connectivity index (χ1n) is 6.29. The van der Waals surface area contributed by atoms with E-state index < -0.39 is 0 Å². The minimum atomic E-state index is 0.518. The van der Waals surface area contributed by atoms with Crippen molar-refractivity contribution in [1.29, 1.82) is 0 Å². The van der Waals surface area contributed by atoms with E-state index in [2.05, 4.69) is 23.1 Å². The van der Waals surface area contributed by atoms with Crippen molar-refractivity contribution < 1.29 is 4.42 Å². The summed E-state index contributed by atoms with van der Waals surface area (Å²) < 4.78 is 5.54. The van der Waals surface area contributed by atoms with Crippen LogP contribution in [0.25, 0.3) is 11.0 Å². The maximum Gasteiger partial charge on any atom is 0.199 e. The molecule has 2 heterocycles. The highest BCUT2D eigenvalue weighted by Gasteiger charge is 2.16. The van der Waals surface area contributed by atoms with Crippen LogP contribution in [0.5, 0.6) is 0 Å². The number of fused-ring (bicyclic) bond motifs is 1. The molecule has 2 aromatic rings. The highest BCUT2D eigenvalue weighted by Crippen LogP contribution is 2.29. The zero-order valence-corrected chi connectivity index (χ0v) is 11.7. The zero-order chi connectivity index (χ0) is 12.4. The van der Waals surface area contributed by atoms with Crippen molar-refractivity contribution >= 4 is 34.3 Å². The van der Waals surface area contributed by atoms with Crippen LogP contribution in [0.1, 0.15) is 12.0 Å². The van der Waals surface area contributed by atoms with E-state index in [1.807, 2.05) is 18.2 Å². The van der Waals surface area contributed by atoms with E-state index in [0.29, 0.717) is 5.22 Å². The van der Waals surface area contributed by atoms with Gasteiger partial charge in [0.15, 0.2) is 5.22 Å². The maximum atomic E-state index is 6.15. The average molecular weight is 282 g/mol. The molecule has 0 amide bonds. The number of halogens is 1. The van der Waals surface area contributed by atoms with E-state index in [0.717, 1.165) is 35.5 Å². The summed E-state index contributed by atoms with van der Waals surface area (Å²) in [4.78, 5) is 0. The van der Waals surface area contributed by atoms with Gasteiger partial charge in [0.2, 0.25) is 0 Å². The number of hydrogen-bond acceptors (Lipinski definition) is 3. The number of nitrogens with one attached hydrogen (secondary N) is 1. The normalized spacial score (nSPS) is 19.7. The van der Waals surface area contributed by atoms with Crippen molar-refractivity contribution in [2.24, 2.45) is 5.92 Å². The van der Waals surface area contributed by atoms with Crippen LogP contribution in [-0.2, 0) is 6.54 Å². The molecule has 0 radical (unpaired) electrons. The predicted molar refractivity (Wildman–Crippen MR) is 78.4 cm³/mol. The van der Waals surface area contributed by atoms with Crippen molar-refractivity contribution in [1.82, 2.24) is 5.32 Å². The van der Waals surface area contributed by atoms with Crippen LogP contribution in [0.15, 0.2) is 28.7 Å². The van der Waals surface area contributed by atoms with E-state index in [4.69, 9.17) is 16.0 Å². The third-order valence-corrected chi connectivity index (χ3v) is 4.94. The molecule has 0 saturated carbocycles. The number of para-hydroxylation sites is 1. The Bertz CT molecular complexity index is 534. The molecule has 4 heteroatoms. The monoisotopic (exact) mass is 281 g/mol. The Labute approximate surface area is 116 Å². The minimum Gasteiger partial charge on any atom is -0.444 e. The van der Waals surface area contributed by atoms with Gasteiger partial charge < -0.3 is 9.73 Å². The fourth-order valence-electron chi connectivity index (χ4n) is 2.38. The number of benzene rings is 1. The standard InChI is InChI=1S/C14H16ClNOS/c15-14-12(8-16-7-10-5-6-18-9-10)11-3-1-2-4-13(11)17-14/h1-4,10,16H,5-9H2. The summed E-state index contributed by atoms with van der Waals surface area (Å²) in [5.41, 5.74) is 1.95. The van der Waals surface area contributed by atoms with Crippen molar-refractivity contribution in [3.63, 3.8) is 0 Å². The van der Waals surface area contributed by atoms with Crippen LogP contribution in [0.3, 0.4) is 0 Å². The molecule has 18 heavy (non-hydrogen) atoms. The smallest absolute Gasteiger partial charge is 0.199 e.